The highest BCUT2D eigenvalue weighted by molar-refractivity contribution is 5.86. The fourth-order valence-electron chi connectivity index (χ4n) is 3.78. The Balaban J connectivity index is 1.41. The van der Waals surface area contributed by atoms with Crippen molar-refractivity contribution in [3.8, 4) is 0 Å². The molecule has 5 unspecified atom stereocenters. The van der Waals surface area contributed by atoms with Crippen LogP contribution in [0.2, 0.25) is 0 Å². The Labute approximate surface area is 128 Å². The van der Waals surface area contributed by atoms with Gasteiger partial charge in [0.05, 0.1) is 12.5 Å². The summed E-state index contributed by atoms with van der Waals surface area (Å²) >= 11 is 0. The maximum absolute atomic E-state index is 11.9. The van der Waals surface area contributed by atoms with Gasteiger partial charge in [0.15, 0.2) is 0 Å². The largest absolute Gasteiger partial charge is 0.462 e. The molecule has 0 spiro atoms. The van der Waals surface area contributed by atoms with Gasteiger partial charge in [-0.15, -0.1) is 0 Å². The number of esters is 3. The predicted octanol–water partition coefficient (Wildman–Crippen LogP) is 1.38. The minimum atomic E-state index is -0.453. The number of carbonyl (C=O) groups excluding carboxylic acids is 3. The molecule has 0 aromatic carbocycles. The molecule has 3 aliphatic rings. The van der Waals surface area contributed by atoms with E-state index in [0.29, 0.717) is 12.0 Å². The van der Waals surface area contributed by atoms with Crippen molar-refractivity contribution in [3.05, 3.63) is 12.2 Å². The molecule has 0 N–H and O–H groups in total. The minimum Gasteiger partial charge on any atom is -0.462 e. The third-order valence-electron chi connectivity index (χ3n) is 4.79. The number of ether oxygens (including phenoxy) is 3. The highest BCUT2D eigenvalue weighted by Gasteiger charge is 2.63. The first-order valence-electron chi connectivity index (χ1n) is 7.70. The van der Waals surface area contributed by atoms with Crippen molar-refractivity contribution in [1.82, 2.24) is 0 Å². The number of fused-ring (bicyclic) bond motifs is 1. The third-order valence-corrected chi connectivity index (χ3v) is 4.79. The molecule has 120 valence electrons. The highest BCUT2D eigenvalue weighted by atomic mass is 16.6. The van der Waals surface area contributed by atoms with E-state index >= 15 is 0 Å². The summed E-state index contributed by atoms with van der Waals surface area (Å²) in [4.78, 5) is 34.7. The van der Waals surface area contributed by atoms with Gasteiger partial charge >= 0.3 is 17.9 Å². The van der Waals surface area contributed by atoms with E-state index in [4.69, 9.17) is 14.2 Å². The van der Waals surface area contributed by atoms with E-state index in [1.165, 1.54) is 0 Å². The van der Waals surface area contributed by atoms with E-state index in [-0.39, 0.29) is 54.9 Å². The van der Waals surface area contributed by atoms with Crippen molar-refractivity contribution in [1.29, 1.82) is 0 Å². The van der Waals surface area contributed by atoms with Gasteiger partial charge in [-0.1, -0.05) is 6.58 Å². The second-order valence-electron chi connectivity index (χ2n) is 6.38. The van der Waals surface area contributed by atoms with Crippen molar-refractivity contribution in [2.24, 2.45) is 17.8 Å². The second kappa shape index (κ2) is 5.74. The Bertz CT molecular complexity index is 525. The van der Waals surface area contributed by atoms with Crippen molar-refractivity contribution >= 4 is 17.9 Å². The van der Waals surface area contributed by atoms with Crippen LogP contribution < -0.4 is 0 Å². The first-order chi connectivity index (χ1) is 10.5. The van der Waals surface area contributed by atoms with E-state index in [1.54, 1.807) is 6.92 Å². The SMILES string of the molecule is C=C(C)C(=O)OCCCC(=O)OC1C2CC3C(=O)OC1C3C2. The molecule has 5 atom stereocenters. The summed E-state index contributed by atoms with van der Waals surface area (Å²) in [6, 6.07) is 0. The number of hydrogen-bond acceptors (Lipinski definition) is 6. The van der Waals surface area contributed by atoms with Gasteiger partial charge in [0.25, 0.3) is 0 Å². The average molecular weight is 308 g/mol. The molecule has 1 heterocycles. The van der Waals surface area contributed by atoms with Gasteiger partial charge in [0, 0.05) is 23.8 Å². The van der Waals surface area contributed by atoms with E-state index in [2.05, 4.69) is 6.58 Å². The summed E-state index contributed by atoms with van der Waals surface area (Å²) in [6.45, 7) is 5.22. The molecule has 0 aromatic rings. The topological polar surface area (TPSA) is 78.9 Å². The van der Waals surface area contributed by atoms with Crippen LogP contribution >= 0.6 is 0 Å². The van der Waals surface area contributed by atoms with Gasteiger partial charge in [-0.3, -0.25) is 9.59 Å². The second-order valence-corrected chi connectivity index (χ2v) is 6.38. The summed E-state index contributed by atoms with van der Waals surface area (Å²) in [5.41, 5.74) is 0.335. The summed E-state index contributed by atoms with van der Waals surface area (Å²) in [5, 5.41) is 0. The molecule has 6 nitrogen and oxygen atoms in total. The highest BCUT2D eigenvalue weighted by Crippen LogP contribution is 2.55. The zero-order valence-corrected chi connectivity index (χ0v) is 12.6. The lowest BCUT2D eigenvalue weighted by molar-refractivity contribution is -0.162. The maximum atomic E-state index is 11.9. The molecule has 1 saturated heterocycles. The molecule has 2 bridgehead atoms. The van der Waals surface area contributed by atoms with Crippen LogP contribution in [-0.4, -0.2) is 36.7 Å². The van der Waals surface area contributed by atoms with E-state index in [0.717, 1.165) is 12.8 Å². The molecule has 3 fully saturated rings. The fraction of sp³-hybridized carbons (Fsp3) is 0.688. The molecule has 2 aliphatic carbocycles. The predicted molar refractivity (Wildman–Crippen MR) is 74.5 cm³/mol. The van der Waals surface area contributed by atoms with Gasteiger partial charge in [0.2, 0.25) is 0 Å². The molecule has 3 rings (SSSR count). The van der Waals surface area contributed by atoms with Crippen molar-refractivity contribution in [3.63, 3.8) is 0 Å². The normalized spacial score (nSPS) is 34.4. The lowest BCUT2D eigenvalue weighted by Gasteiger charge is -2.25. The lowest BCUT2D eigenvalue weighted by atomic mass is 9.88. The molecule has 0 amide bonds. The van der Waals surface area contributed by atoms with E-state index in [1.807, 2.05) is 0 Å². The summed E-state index contributed by atoms with van der Waals surface area (Å²) in [6.07, 6.45) is 1.73. The molecule has 1 aliphatic heterocycles. The molecule has 0 radical (unpaired) electrons. The van der Waals surface area contributed by atoms with Gasteiger partial charge in [-0.2, -0.15) is 0 Å². The quantitative estimate of drug-likeness (QED) is 0.319. The van der Waals surface area contributed by atoms with Crippen LogP contribution in [0.1, 0.15) is 32.6 Å². The summed E-state index contributed by atoms with van der Waals surface area (Å²) < 4.78 is 15.8. The Morgan fingerprint density at radius 1 is 1.36 bits per heavy atom. The van der Waals surface area contributed by atoms with Crippen LogP contribution in [0.5, 0.6) is 0 Å². The van der Waals surface area contributed by atoms with Gasteiger partial charge in [-0.05, 0) is 26.2 Å². The summed E-state index contributed by atoms with van der Waals surface area (Å²) in [7, 11) is 0. The molecule has 6 heteroatoms. The number of rotatable bonds is 6. The molecule has 22 heavy (non-hydrogen) atoms. The van der Waals surface area contributed by atoms with Crippen LogP contribution in [0.15, 0.2) is 12.2 Å². The van der Waals surface area contributed by atoms with E-state index in [9.17, 15) is 14.4 Å². The van der Waals surface area contributed by atoms with Gasteiger partial charge in [0.1, 0.15) is 12.2 Å². The Morgan fingerprint density at radius 2 is 2.14 bits per heavy atom. The van der Waals surface area contributed by atoms with Crippen LogP contribution in [-0.2, 0) is 28.6 Å². The zero-order valence-electron chi connectivity index (χ0n) is 12.6. The zero-order chi connectivity index (χ0) is 15.9. The lowest BCUT2D eigenvalue weighted by Crippen LogP contribution is -2.36. The fourth-order valence-corrected chi connectivity index (χ4v) is 3.78. The Kier molecular flexibility index (Phi) is 3.93. The summed E-state index contributed by atoms with van der Waals surface area (Å²) in [5.74, 6) is -0.425. The first-order valence-corrected chi connectivity index (χ1v) is 7.70. The standard InChI is InChI=1S/C16H20O6/c1-8(2)15(18)20-5-3-4-12(17)21-13-9-6-10-11(7-9)16(19)22-14(10)13/h9-11,13-14H,1,3-7H2,2H3. The van der Waals surface area contributed by atoms with Gasteiger partial charge < -0.3 is 14.2 Å². The Hall–Kier alpha value is -1.85. The van der Waals surface area contributed by atoms with Crippen molar-refractivity contribution in [2.45, 2.75) is 44.8 Å². The van der Waals surface area contributed by atoms with Crippen LogP contribution in [0.4, 0.5) is 0 Å². The number of carbonyl (C=O) groups is 3. The number of hydrogen-bond donors (Lipinski definition) is 0. The van der Waals surface area contributed by atoms with Crippen molar-refractivity contribution in [2.75, 3.05) is 6.61 Å². The molecule has 2 saturated carbocycles. The average Bonchev–Trinajstić information content (AvgIpc) is 3.08. The minimum absolute atomic E-state index is 0.0199. The van der Waals surface area contributed by atoms with Gasteiger partial charge in [-0.25, -0.2) is 4.79 Å². The maximum Gasteiger partial charge on any atom is 0.333 e. The van der Waals surface area contributed by atoms with Crippen molar-refractivity contribution < 1.29 is 28.6 Å². The molecule has 0 aromatic heterocycles. The Morgan fingerprint density at radius 3 is 2.86 bits per heavy atom. The molecular formula is C16H20O6. The van der Waals surface area contributed by atoms with Crippen LogP contribution in [0.25, 0.3) is 0 Å². The third kappa shape index (κ3) is 2.62. The first kappa shape index (κ1) is 15.1. The van der Waals surface area contributed by atoms with E-state index < -0.39 is 5.97 Å². The molecular weight excluding hydrogens is 288 g/mol. The monoisotopic (exact) mass is 308 g/mol. The van der Waals surface area contributed by atoms with Crippen LogP contribution in [0.3, 0.4) is 0 Å². The van der Waals surface area contributed by atoms with Crippen LogP contribution in [0, 0.1) is 17.8 Å². The smallest absolute Gasteiger partial charge is 0.333 e.